The van der Waals surface area contributed by atoms with Gasteiger partial charge < -0.3 is 0 Å². The zero-order valence-corrected chi connectivity index (χ0v) is 15.0. The number of rotatable bonds is 3. The molecule has 2 aromatic heterocycles. The average molecular weight is 363 g/mol. The fourth-order valence-corrected chi connectivity index (χ4v) is 5.01. The van der Waals surface area contributed by atoms with E-state index in [9.17, 15) is 4.39 Å². The summed E-state index contributed by atoms with van der Waals surface area (Å²) in [7, 11) is 0. The number of hydrogen-bond acceptors (Lipinski definition) is 4. The molecule has 0 N–H and O–H groups in total. The lowest BCUT2D eigenvalue weighted by Crippen LogP contribution is -2.23. The maximum atomic E-state index is 14.1. The van der Waals surface area contributed by atoms with Crippen molar-refractivity contribution < 1.29 is 4.39 Å². The first-order valence-corrected chi connectivity index (χ1v) is 9.73. The van der Waals surface area contributed by atoms with E-state index < -0.39 is 0 Å². The molecule has 0 amide bonds. The highest BCUT2D eigenvalue weighted by atomic mass is 32.1. The maximum absolute atomic E-state index is 14.1. The van der Waals surface area contributed by atoms with Crippen LogP contribution < -0.4 is 0 Å². The first-order valence-electron chi connectivity index (χ1n) is 8.91. The summed E-state index contributed by atoms with van der Waals surface area (Å²) in [5, 5.41) is 1.78. The van der Waals surface area contributed by atoms with Gasteiger partial charge in [0.2, 0.25) is 0 Å². The Bertz CT molecular complexity index is 1060. The highest BCUT2D eigenvalue weighted by Gasteiger charge is 2.29. The summed E-state index contributed by atoms with van der Waals surface area (Å²) in [5.41, 5.74) is 2.92. The van der Waals surface area contributed by atoms with Crippen LogP contribution in [0.25, 0.3) is 21.1 Å². The third-order valence-corrected chi connectivity index (χ3v) is 6.27. The zero-order chi connectivity index (χ0) is 17.5. The molecule has 3 heterocycles. The van der Waals surface area contributed by atoms with Gasteiger partial charge in [-0.2, -0.15) is 0 Å². The standard InChI is InChI=1S/C21H18FN3S/c22-16-10-9-14(20-15(16)5-3-11-23-20)13-25-12-4-7-18(25)21-24-17-6-1-2-8-19(17)26-21/h1-3,5-6,8-11,18H,4,7,12-13H2. The second kappa shape index (κ2) is 6.41. The van der Waals surface area contributed by atoms with Crippen molar-refractivity contribution in [1.29, 1.82) is 0 Å². The van der Waals surface area contributed by atoms with Crippen molar-refractivity contribution in [3.63, 3.8) is 0 Å². The Morgan fingerprint density at radius 2 is 2.04 bits per heavy atom. The molecule has 1 fully saturated rings. The molecule has 1 aliphatic rings. The van der Waals surface area contributed by atoms with E-state index in [1.54, 1.807) is 35.7 Å². The molecule has 1 unspecified atom stereocenters. The van der Waals surface area contributed by atoms with E-state index in [0.717, 1.165) is 42.5 Å². The van der Waals surface area contributed by atoms with E-state index in [1.165, 1.54) is 9.71 Å². The highest BCUT2D eigenvalue weighted by molar-refractivity contribution is 7.18. The Kier molecular flexibility index (Phi) is 3.91. The van der Waals surface area contributed by atoms with Gasteiger partial charge in [0.05, 0.1) is 21.8 Å². The van der Waals surface area contributed by atoms with Crippen molar-refractivity contribution in [3.8, 4) is 0 Å². The molecule has 1 saturated heterocycles. The van der Waals surface area contributed by atoms with E-state index in [2.05, 4.69) is 28.1 Å². The number of hydrogen-bond donors (Lipinski definition) is 0. The molecule has 0 bridgehead atoms. The number of benzene rings is 2. The fraction of sp³-hybridized carbons (Fsp3) is 0.238. The molecule has 26 heavy (non-hydrogen) atoms. The molecular formula is C21H18FN3S. The van der Waals surface area contributed by atoms with Crippen LogP contribution in [0, 0.1) is 5.82 Å². The zero-order valence-electron chi connectivity index (χ0n) is 14.2. The normalized spacial score (nSPS) is 18.1. The molecule has 0 saturated carbocycles. The van der Waals surface area contributed by atoms with Crippen LogP contribution in [0.5, 0.6) is 0 Å². The van der Waals surface area contributed by atoms with Gasteiger partial charge in [-0.3, -0.25) is 9.88 Å². The minimum absolute atomic E-state index is 0.207. The average Bonchev–Trinajstić information content (AvgIpc) is 3.30. The lowest BCUT2D eigenvalue weighted by molar-refractivity contribution is 0.249. The number of para-hydroxylation sites is 1. The summed E-state index contributed by atoms with van der Waals surface area (Å²) in [5.74, 6) is -0.207. The molecule has 0 aliphatic carbocycles. The first kappa shape index (κ1) is 15.9. The van der Waals surface area contributed by atoms with Gasteiger partial charge in [-0.15, -0.1) is 11.3 Å². The van der Waals surface area contributed by atoms with E-state index in [0.29, 0.717) is 11.4 Å². The summed E-state index contributed by atoms with van der Waals surface area (Å²) in [6.07, 6.45) is 4.01. The lowest BCUT2D eigenvalue weighted by Gasteiger charge is -2.23. The van der Waals surface area contributed by atoms with E-state index in [1.807, 2.05) is 12.1 Å². The Labute approximate surface area is 155 Å². The number of thiazole rings is 1. The van der Waals surface area contributed by atoms with Gasteiger partial charge in [0, 0.05) is 18.1 Å². The fourth-order valence-electron chi connectivity index (χ4n) is 3.87. The maximum Gasteiger partial charge on any atom is 0.132 e. The second-order valence-corrected chi connectivity index (χ2v) is 7.82. The monoisotopic (exact) mass is 363 g/mol. The van der Waals surface area contributed by atoms with Gasteiger partial charge >= 0.3 is 0 Å². The van der Waals surface area contributed by atoms with Crippen molar-refractivity contribution in [1.82, 2.24) is 14.9 Å². The van der Waals surface area contributed by atoms with Gasteiger partial charge in [-0.25, -0.2) is 9.37 Å². The topological polar surface area (TPSA) is 29.0 Å². The van der Waals surface area contributed by atoms with Crippen LogP contribution in [0.2, 0.25) is 0 Å². The second-order valence-electron chi connectivity index (χ2n) is 6.75. The van der Waals surface area contributed by atoms with Crippen LogP contribution in [-0.4, -0.2) is 21.4 Å². The van der Waals surface area contributed by atoms with E-state index >= 15 is 0 Å². The number of pyridine rings is 1. The summed E-state index contributed by atoms with van der Waals surface area (Å²) in [4.78, 5) is 11.8. The Morgan fingerprint density at radius 3 is 2.96 bits per heavy atom. The van der Waals surface area contributed by atoms with Crippen LogP contribution in [0.15, 0.2) is 54.7 Å². The molecule has 1 aliphatic heterocycles. The van der Waals surface area contributed by atoms with Crippen molar-refractivity contribution in [2.45, 2.75) is 25.4 Å². The number of fused-ring (bicyclic) bond motifs is 2. The largest absolute Gasteiger partial charge is 0.290 e. The number of aromatic nitrogens is 2. The SMILES string of the molecule is Fc1ccc(CN2CCCC2c2nc3ccccc3s2)c2ncccc12. The minimum Gasteiger partial charge on any atom is -0.290 e. The predicted octanol–water partition coefficient (Wildman–Crippen LogP) is 5.32. The molecule has 1 atom stereocenters. The highest BCUT2D eigenvalue weighted by Crippen LogP contribution is 2.37. The predicted molar refractivity (Wildman–Crippen MR) is 104 cm³/mol. The third kappa shape index (κ3) is 2.68. The van der Waals surface area contributed by atoms with Crippen LogP contribution >= 0.6 is 11.3 Å². The lowest BCUT2D eigenvalue weighted by atomic mass is 10.1. The van der Waals surface area contributed by atoms with Crippen LogP contribution in [0.3, 0.4) is 0 Å². The van der Waals surface area contributed by atoms with Crippen molar-refractivity contribution in [2.75, 3.05) is 6.54 Å². The Hall–Kier alpha value is -2.37. The molecule has 4 aromatic rings. The summed E-state index contributed by atoms with van der Waals surface area (Å²) < 4.78 is 15.3. The summed E-state index contributed by atoms with van der Waals surface area (Å²) in [6.45, 7) is 1.81. The molecule has 0 radical (unpaired) electrons. The minimum atomic E-state index is -0.207. The van der Waals surface area contributed by atoms with Gasteiger partial charge in [0.1, 0.15) is 10.8 Å². The van der Waals surface area contributed by atoms with Gasteiger partial charge in [0.15, 0.2) is 0 Å². The molecule has 5 rings (SSSR count). The van der Waals surface area contributed by atoms with Crippen LogP contribution in [-0.2, 0) is 6.54 Å². The van der Waals surface area contributed by atoms with Gasteiger partial charge in [0.25, 0.3) is 0 Å². The first-order chi connectivity index (χ1) is 12.8. The number of halogens is 1. The molecule has 3 nitrogen and oxygen atoms in total. The summed E-state index contributed by atoms with van der Waals surface area (Å²) in [6, 6.07) is 15.7. The van der Waals surface area contributed by atoms with Crippen molar-refractivity contribution in [2.24, 2.45) is 0 Å². The van der Waals surface area contributed by atoms with Gasteiger partial charge in [-0.05, 0) is 55.3 Å². The van der Waals surface area contributed by atoms with Crippen LogP contribution in [0.1, 0.15) is 29.5 Å². The smallest absolute Gasteiger partial charge is 0.132 e. The van der Waals surface area contributed by atoms with Crippen molar-refractivity contribution in [3.05, 3.63) is 71.1 Å². The van der Waals surface area contributed by atoms with E-state index in [4.69, 9.17) is 4.98 Å². The van der Waals surface area contributed by atoms with Gasteiger partial charge in [-0.1, -0.05) is 18.2 Å². The van der Waals surface area contributed by atoms with Crippen molar-refractivity contribution >= 4 is 32.5 Å². The molecule has 5 heteroatoms. The molecule has 0 spiro atoms. The quantitative estimate of drug-likeness (QED) is 0.493. The van der Waals surface area contributed by atoms with Crippen LogP contribution in [0.4, 0.5) is 4.39 Å². The Balaban J connectivity index is 1.49. The third-order valence-electron chi connectivity index (χ3n) is 5.13. The number of nitrogens with zero attached hydrogens (tertiary/aromatic N) is 3. The Morgan fingerprint density at radius 1 is 1.12 bits per heavy atom. The molecule has 130 valence electrons. The summed E-state index contributed by atoms with van der Waals surface area (Å²) >= 11 is 1.79. The number of likely N-dealkylation sites (tertiary alicyclic amines) is 1. The molecule has 2 aromatic carbocycles. The van der Waals surface area contributed by atoms with E-state index in [-0.39, 0.29) is 5.82 Å². The molecular weight excluding hydrogens is 345 g/mol.